The van der Waals surface area contributed by atoms with E-state index >= 15 is 0 Å². The lowest BCUT2D eigenvalue weighted by atomic mass is 10.1. The quantitative estimate of drug-likeness (QED) is 0.801. The van der Waals surface area contributed by atoms with Gasteiger partial charge in [-0.2, -0.15) is 0 Å². The van der Waals surface area contributed by atoms with E-state index in [1.54, 1.807) is 26.0 Å². The highest BCUT2D eigenvalue weighted by Gasteiger charge is 2.31. The van der Waals surface area contributed by atoms with Gasteiger partial charge < -0.3 is 14.4 Å². The van der Waals surface area contributed by atoms with Crippen LogP contribution in [0.25, 0.3) is 0 Å². The van der Waals surface area contributed by atoms with Crippen molar-refractivity contribution in [3.05, 3.63) is 40.8 Å². The molecule has 0 fully saturated rings. The second kappa shape index (κ2) is 6.04. The van der Waals surface area contributed by atoms with Crippen LogP contribution in [0.5, 0.6) is 0 Å². The Balaban J connectivity index is 2.65. The van der Waals surface area contributed by atoms with Crippen LogP contribution in [0.3, 0.4) is 0 Å². The maximum absolute atomic E-state index is 12.9. The number of aromatic nitrogens is 1. The fourth-order valence-corrected chi connectivity index (χ4v) is 4.17. The molecule has 0 saturated heterocycles. The summed E-state index contributed by atoms with van der Waals surface area (Å²) in [5.41, 5.74) is 2.07. The van der Waals surface area contributed by atoms with E-state index in [0.29, 0.717) is 0 Å². The molecule has 0 spiro atoms. The third-order valence-corrected chi connectivity index (χ3v) is 5.30. The fraction of sp³-hybridized carbons (Fsp3) is 0.333. The van der Waals surface area contributed by atoms with Crippen LogP contribution >= 0.6 is 0 Å². The molecule has 0 N–H and O–H groups in total. The first-order valence-corrected chi connectivity index (χ1v) is 8.30. The molecule has 1 heterocycles. The van der Waals surface area contributed by atoms with Gasteiger partial charge in [-0.15, -0.1) is 0 Å². The van der Waals surface area contributed by atoms with Gasteiger partial charge >= 0.3 is 0 Å². The molecule has 1 aromatic heterocycles. The summed E-state index contributed by atoms with van der Waals surface area (Å²) >= 11 is 0. The number of carbonyl (C=O) groups excluding carboxylic acids is 1. The van der Waals surface area contributed by atoms with Gasteiger partial charge in [0.1, 0.15) is 5.69 Å². The molecular formula is C15H17N2O5S-. The summed E-state index contributed by atoms with van der Waals surface area (Å²) in [7, 11) is -4.14. The summed E-state index contributed by atoms with van der Waals surface area (Å²) in [6.45, 7) is 5.76. The number of anilines is 1. The van der Waals surface area contributed by atoms with E-state index in [4.69, 9.17) is 4.52 Å². The highest BCUT2D eigenvalue weighted by molar-refractivity contribution is 7.93. The first-order valence-electron chi connectivity index (χ1n) is 6.86. The second-order valence-corrected chi connectivity index (χ2v) is 7.18. The van der Waals surface area contributed by atoms with Crippen molar-refractivity contribution in [2.45, 2.75) is 32.6 Å². The molecule has 0 amide bonds. The zero-order valence-electron chi connectivity index (χ0n) is 13.3. The van der Waals surface area contributed by atoms with E-state index in [0.717, 1.165) is 15.4 Å². The molecule has 0 unspecified atom stereocenters. The highest BCUT2D eigenvalue weighted by atomic mass is 32.2. The third-order valence-electron chi connectivity index (χ3n) is 3.28. The first kappa shape index (κ1) is 17.0. The second-order valence-electron chi connectivity index (χ2n) is 5.38. The van der Waals surface area contributed by atoms with Crippen LogP contribution in [0.2, 0.25) is 0 Å². The molecule has 0 saturated carbocycles. The summed E-state index contributed by atoms with van der Waals surface area (Å²) in [4.78, 5) is 11.0. The number of carboxylic acids is 1. The van der Waals surface area contributed by atoms with Crippen molar-refractivity contribution in [1.29, 1.82) is 0 Å². The zero-order chi connectivity index (χ0) is 17.4. The summed E-state index contributed by atoms with van der Waals surface area (Å²) in [5, 5.41) is 14.7. The largest absolute Gasteiger partial charge is 0.548 e. The van der Waals surface area contributed by atoms with Gasteiger partial charge in [-0.25, -0.2) is 8.42 Å². The minimum Gasteiger partial charge on any atom is -0.548 e. The first-order chi connectivity index (χ1) is 10.6. The number of hydrogen-bond acceptors (Lipinski definition) is 6. The van der Waals surface area contributed by atoms with Crippen LogP contribution in [0.1, 0.15) is 22.6 Å². The van der Waals surface area contributed by atoms with Crippen molar-refractivity contribution in [3.8, 4) is 0 Å². The monoisotopic (exact) mass is 337 g/mol. The van der Waals surface area contributed by atoms with Crippen LogP contribution in [-0.2, 0) is 14.8 Å². The van der Waals surface area contributed by atoms with Crippen LogP contribution in [-0.4, -0.2) is 26.1 Å². The van der Waals surface area contributed by atoms with Gasteiger partial charge in [-0.05, 0) is 51.0 Å². The lowest BCUT2D eigenvalue weighted by molar-refractivity contribution is -0.303. The molecule has 0 aliphatic heterocycles. The van der Waals surface area contributed by atoms with Crippen molar-refractivity contribution in [2.24, 2.45) is 0 Å². The van der Waals surface area contributed by atoms with Gasteiger partial charge in [0, 0.05) is 0 Å². The number of hydrogen-bond donors (Lipinski definition) is 0. The minimum atomic E-state index is -4.14. The number of carbonyl (C=O) groups is 1. The lowest BCUT2D eigenvalue weighted by Crippen LogP contribution is -2.42. The zero-order valence-corrected chi connectivity index (χ0v) is 14.1. The number of benzene rings is 1. The van der Waals surface area contributed by atoms with Crippen molar-refractivity contribution >= 4 is 21.7 Å². The average molecular weight is 337 g/mol. The smallest absolute Gasteiger partial charge is 0.270 e. The standard InChI is InChI=1S/C15H18N2O5S/c1-9-5-10(2)7-13(6-9)17(8-14(18)19)23(20,21)15-11(3)16-22-12(15)4/h5-7H,8H2,1-4H3,(H,18,19)/p-1. The summed E-state index contributed by atoms with van der Waals surface area (Å²) < 4.78 is 31.6. The lowest BCUT2D eigenvalue weighted by Gasteiger charge is -2.25. The van der Waals surface area contributed by atoms with Crippen LogP contribution in [0.4, 0.5) is 5.69 Å². The molecule has 7 nitrogen and oxygen atoms in total. The fourth-order valence-electron chi connectivity index (χ4n) is 2.48. The maximum atomic E-state index is 12.9. The van der Waals surface area contributed by atoms with Gasteiger partial charge in [0.15, 0.2) is 10.7 Å². The molecule has 0 aliphatic rings. The van der Waals surface area contributed by atoms with Crippen molar-refractivity contribution in [2.75, 3.05) is 10.8 Å². The van der Waals surface area contributed by atoms with E-state index in [1.165, 1.54) is 13.8 Å². The molecule has 2 aromatic rings. The highest BCUT2D eigenvalue weighted by Crippen LogP contribution is 2.29. The van der Waals surface area contributed by atoms with Gasteiger partial charge in [-0.1, -0.05) is 11.2 Å². The van der Waals surface area contributed by atoms with Crippen molar-refractivity contribution < 1.29 is 22.8 Å². The Kier molecular flexibility index (Phi) is 4.46. The predicted molar refractivity (Wildman–Crippen MR) is 81.4 cm³/mol. The SMILES string of the molecule is Cc1cc(C)cc(N(CC(=O)[O-])S(=O)(=O)c2c(C)noc2C)c1. The van der Waals surface area contributed by atoms with E-state index in [2.05, 4.69) is 5.16 Å². The maximum Gasteiger partial charge on any atom is 0.270 e. The van der Waals surface area contributed by atoms with Crippen molar-refractivity contribution in [3.63, 3.8) is 0 Å². The number of sulfonamides is 1. The summed E-state index contributed by atoms with van der Waals surface area (Å²) in [6, 6.07) is 5.07. The molecule has 0 aliphatic carbocycles. The normalized spacial score (nSPS) is 11.5. The van der Waals surface area contributed by atoms with Gasteiger partial charge in [0.25, 0.3) is 10.0 Å². The topological polar surface area (TPSA) is 104 Å². The number of rotatable bonds is 5. The number of carboxylic acid groups (broad SMARTS) is 1. The average Bonchev–Trinajstić information content (AvgIpc) is 2.74. The molecule has 2 rings (SSSR count). The number of aliphatic carboxylic acids is 1. The summed E-state index contributed by atoms with van der Waals surface area (Å²) in [5.74, 6) is -1.39. The van der Waals surface area contributed by atoms with Gasteiger partial charge in [0.2, 0.25) is 0 Å². The number of nitrogens with zero attached hydrogens (tertiary/aromatic N) is 2. The third kappa shape index (κ3) is 3.37. The van der Waals surface area contributed by atoms with Crippen LogP contribution < -0.4 is 9.41 Å². The van der Waals surface area contributed by atoms with E-state index in [1.807, 2.05) is 6.07 Å². The van der Waals surface area contributed by atoms with Gasteiger partial charge in [0.05, 0.1) is 18.2 Å². The Morgan fingerprint density at radius 2 is 1.74 bits per heavy atom. The molecule has 23 heavy (non-hydrogen) atoms. The van der Waals surface area contributed by atoms with E-state index in [-0.39, 0.29) is 22.0 Å². The van der Waals surface area contributed by atoms with Gasteiger partial charge in [-0.3, -0.25) is 4.31 Å². The van der Waals surface area contributed by atoms with E-state index in [9.17, 15) is 18.3 Å². The predicted octanol–water partition coefficient (Wildman–Crippen LogP) is 0.853. The Morgan fingerprint density at radius 1 is 1.17 bits per heavy atom. The summed E-state index contributed by atoms with van der Waals surface area (Å²) in [6.07, 6.45) is 0. The molecular weight excluding hydrogens is 320 g/mol. The Hall–Kier alpha value is -2.35. The molecule has 124 valence electrons. The van der Waals surface area contributed by atoms with Crippen LogP contribution in [0.15, 0.2) is 27.6 Å². The molecule has 1 aromatic carbocycles. The van der Waals surface area contributed by atoms with E-state index < -0.39 is 22.5 Å². The van der Waals surface area contributed by atoms with Crippen LogP contribution in [0, 0.1) is 27.7 Å². The molecule has 0 radical (unpaired) electrons. The minimum absolute atomic E-state index is 0.107. The molecule has 0 bridgehead atoms. The number of aryl methyl sites for hydroxylation is 4. The van der Waals surface area contributed by atoms with Crippen molar-refractivity contribution in [1.82, 2.24) is 5.16 Å². The molecule has 0 atom stereocenters. The Labute approximate surface area is 134 Å². The Morgan fingerprint density at radius 3 is 2.17 bits per heavy atom. The molecule has 8 heteroatoms. The Bertz CT molecular complexity index is 815.